The molecule has 1 unspecified atom stereocenters. The van der Waals surface area contributed by atoms with E-state index in [1.165, 1.54) is 12.4 Å². The zero-order valence-electron chi connectivity index (χ0n) is 9.85. The molecule has 1 atom stereocenters. The second-order valence-electron chi connectivity index (χ2n) is 3.90. The molecule has 0 saturated heterocycles. The van der Waals surface area contributed by atoms with Crippen LogP contribution in [-0.4, -0.2) is 19.9 Å². The molecule has 2 aromatic rings. The summed E-state index contributed by atoms with van der Waals surface area (Å²) in [4.78, 5) is 3.96. The molecule has 0 saturated carbocycles. The molecule has 0 aliphatic rings. The summed E-state index contributed by atoms with van der Waals surface area (Å²) in [6.07, 6.45) is 0.626. The molecule has 0 radical (unpaired) electrons. The zero-order chi connectivity index (χ0) is 13.1. The van der Waals surface area contributed by atoms with Gasteiger partial charge in [-0.25, -0.2) is 18.4 Å². The van der Waals surface area contributed by atoms with Crippen LogP contribution >= 0.6 is 0 Å². The Bertz CT molecular complexity index is 542. The van der Waals surface area contributed by atoms with E-state index in [4.69, 9.17) is 0 Å². The number of nitrogens with zero attached hydrogens (tertiary/aromatic N) is 3. The molecule has 18 heavy (non-hydrogen) atoms. The van der Waals surface area contributed by atoms with Gasteiger partial charge in [0, 0.05) is 13.0 Å². The number of rotatable bonds is 4. The summed E-state index contributed by atoms with van der Waals surface area (Å²) in [5.74, 6) is -1.40. The molecule has 1 N–H and O–H groups in total. The minimum absolute atomic E-state index is 0.163. The smallest absolute Gasteiger partial charge is 0.159 e. The predicted octanol–water partition coefficient (Wildman–Crippen LogP) is 1.85. The van der Waals surface area contributed by atoms with E-state index in [1.807, 2.05) is 6.92 Å². The first-order valence-corrected chi connectivity index (χ1v) is 5.61. The monoisotopic (exact) mass is 253 g/mol. The summed E-state index contributed by atoms with van der Waals surface area (Å²) in [5.41, 5.74) is 0.507. The van der Waals surface area contributed by atoms with Crippen molar-refractivity contribution in [3.63, 3.8) is 0 Å². The van der Waals surface area contributed by atoms with E-state index >= 15 is 0 Å². The fraction of sp³-hybridized carbons (Fsp3) is 0.333. The fourth-order valence-corrected chi connectivity index (χ4v) is 1.76. The van der Waals surface area contributed by atoms with Gasteiger partial charge in [-0.15, -0.1) is 0 Å². The molecule has 0 spiro atoms. The quantitative estimate of drug-likeness (QED) is 0.904. The number of aryl methyl sites for hydroxylation is 1. The van der Waals surface area contributed by atoms with Crippen molar-refractivity contribution in [1.29, 1.82) is 0 Å². The summed E-state index contributed by atoms with van der Waals surface area (Å²) >= 11 is 0. The van der Waals surface area contributed by atoms with Crippen molar-refractivity contribution < 1.29 is 13.9 Å². The Balaban J connectivity index is 2.16. The van der Waals surface area contributed by atoms with Gasteiger partial charge in [-0.3, -0.25) is 0 Å². The van der Waals surface area contributed by atoms with Crippen molar-refractivity contribution in [2.24, 2.45) is 0 Å². The molecule has 0 bridgehead atoms. The van der Waals surface area contributed by atoms with E-state index in [1.54, 1.807) is 4.68 Å². The average Bonchev–Trinajstić information content (AvgIpc) is 2.82. The van der Waals surface area contributed by atoms with E-state index < -0.39 is 17.7 Å². The number of hydrogen-bond acceptors (Lipinski definition) is 3. The minimum atomic E-state index is -0.920. The van der Waals surface area contributed by atoms with Gasteiger partial charge in [0.05, 0.1) is 0 Å². The molecule has 0 aliphatic carbocycles. The van der Waals surface area contributed by atoms with Crippen LogP contribution in [0.15, 0.2) is 24.5 Å². The topological polar surface area (TPSA) is 50.9 Å². The lowest BCUT2D eigenvalue weighted by molar-refractivity contribution is 0.162. The predicted molar refractivity (Wildman–Crippen MR) is 60.7 cm³/mol. The number of benzene rings is 1. The first-order valence-electron chi connectivity index (χ1n) is 5.61. The second-order valence-corrected chi connectivity index (χ2v) is 3.90. The van der Waals surface area contributed by atoms with E-state index in [2.05, 4.69) is 10.1 Å². The van der Waals surface area contributed by atoms with Crippen LogP contribution in [0.2, 0.25) is 0 Å². The van der Waals surface area contributed by atoms with Gasteiger partial charge in [-0.2, -0.15) is 5.10 Å². The Hall–Kier alpha value is -1.82. The van der Waals surface area contributed by atoms with Crippen molar-refractivity contribution in [2.75, 3.05) is 0 Å². The number of aliphatic hydroxyl groups is 1. The second kappa shape index (κ2) is 5.22. The Morgan fingerprint density at radius 1 is 1.33 bits per heavy atom. The normalized spacial score (nSPS) is 12.7. The van der Waals surface area contributed by atoms with Crippen LogP contribution in [0.3, 0.4) is 0 Å². The molecule has 1 aromatic carbocycles. The van der Waals surface area contributed by atoms with Crippen molar-refractivity contribution in [3.8, 4) is 0 Å². The summed E-state index contributed by atoms with van der Waals surface area (Å²) in [7, 11) is 0. The van der Waals surface area contributed by atoms with Crippen LogP contribution in [0.25, 0.3) is 0 Å². The van der Waals surface area contributed by atoms with Crippen LogP contribution in [-0.2, 0) is 13.0 Å². The first kappa shape index (κ1) is 12.6. The van der Waals surface area contributed by atoms with Crippen molar-refractivity contribution in [1.82, 2.24) is 14.8 Å². The Morgan fingerprint density at radius 3 is 2.78 bits per heavy atom. The van der Waals surface area contributed by atoms with Gasteiger partial charge in [0.15, 0.2) is 17.5 Å². The van der Waals surface area contributed by atoms with E-state index in [0.29, 0.717) is 17.9 Å². The number of hydrogen-bond donors (Lipinski definition) is 1. The molecule has 4 nitrogen and oxygen atoms in total. The largest absolute Gasteiger partial charge is 0.385 e. The standard InChI is InChI=1S/C12H13F2N3O/c1-2-17-12(15-7-16-17)11(18)6-8-3-4-9(13)10(14)5-8/h3-5,7,11,18H,2,6H2,1H3. The number of aliphatic hydroxyl groups excluding tert-OH is 1. The summed E-state index contributed by atoms with van der Waals surface area (Å²) in [6, 6.07) is 3.56. The van der Waals surface area contributed by atoms with Crippen LogP contribution in [0.5, 0.6) is 0 Å². The Kier molecular flexibility index (Phi) is 3.66. The van der Waals surface area contributed by atoms with Gasteiger partial charge in [0.2, 0.25) is 0 Å². The molecule has 96 valence electrons. The highest BCUT2D eigenvalue weighted by molar-refractivity contribution is 5.19. The van der Waals surface area contributed by atoms with Crippen molar-refractivity contribution in [3.05, 3.63) is 47.5 Å². The Labute approximate surface area is 103 Å². The maximum Gasteiger partial charge on any atom is 0.159 e. The number of halogens is 2. The maximum absolute atomic E-state index is 13.0. The SMILES string of the molecule is CCn1ncnc1C(O)Cc1ccc(F)c(F)c1. The molecule has 6 heteroatoms. The van der Waals surface area contributed by atoms with Gasteiger partial charge < -0.3 is 5.11 Å². The van der Waals surface area contributed by atoms with Crippen LogP contribution < -0.4 is 0 Å². The third kappa shape index (κ3) is 2.53. The first-order chi connectivity index (χ1) is 8.61. The van der Waals surface area contributed by atoms with Gasteiger partial charge in [0.1, 0.15) is 12.4 Å². The van der Waals surface area contributed by atoms with Gasteiger partial charge in [-0.05, 0) is 24.6 Å². The van der Waals surface area contributed by atoms with E-state index in [-0.39, 0.29) is 6.42 Å². The van der Waals surface area contributed by atoms with Crippen LogP contribution in [0.4, 0.5) is 8.78 Å². The lowest BCUT2D eigenvalue weighted by atomic mass is 10.1. The molecule has 1 heterocycles. The highest BCUT2D eigenvalue weighted by Crippen LogP contribution is 2.17. The van der Waals surface area contributed by atoms with Crippen LogP contribution in [0, 0.1) is 11.6 Å². The van der Waals surface area contributed by atoms with Gasteiger partial charge in [0.25, 0.3) is 0 Å². The average molecular weight is 253 g/mol. The summed E-state index contributed by atoms with van der Waals surface area (Å²) in [5, 5.41) is 13.9. The zero-order valence-corrected chi connectivity index (χ0v) is 9.85. The minimum Gasteiger partial charge on any atom is -0.385 e. The molecular weight excluding hydrogens is 240 g/mol. The van der Waals surface area contributed by atoms with Crippen molar-refractivity contribution in [2.45, 2.75) is 26.0 Å². The third-order valence-corrected chi connectivity index (χ3v) is 2.66. The Morgan fingerprint density at radius 2 is 2.11 bits per heavy atom. The summed E-state index contributed by atoms with van der Waals surface area (Å²) in [6.45, 7) is 2.46. The number of aromatic nitrogens is 3. The maximum atomic E-state index is 13.0. The van der Waals surface area contributed by atoms with Crippen molar-refractivity contribution >= 4 is 0 Å². The highest BCUT2D eigenvalue weighted by atomic mass is 19.2. The fourth-order valence-electron chi connectivity index (χ4n) is 1.76. The van der Waals surface area contributed by atoms with Gasteiger partial charge >= 0.3 is 0 Å². The molecule has 1 aromatic heterocycles. The van der Waals surface area contributed by atoms with Gasteiger partial charge in [-0.1, -0.05) is 6.07 Å². The highest BCUT2D eigenvalue weighted by Gasteiger charge is 2.15. The van der Waals surface area contributed by atoms with E-state index in [9.17, 15) is 13.9 Å². The lowest BCUT2D eigenvalue weighted by Gasteiger charge is -2.11. The molecule has 2 rings (SSSR count). The molecule has 0 fully saturated rings. The third-order valence-electron chi connectivity index (χ3n) is 2.66. The molecule has 0 aliphatic heterocycles. The summed E-state index contributed by atoms with van der Waals surface area (Å²) < 4.78 is 27.4. The van der Waals surface area contributed by atoms with E-state index in [0.717, 1.165) is 12.1 Å². The molecular formula is C12H13F2N3O. The lowest BCUT2D eigenvalue weighted by Crippen LogP contribution is -2.11. The molecule has 0 amide bonds. The van der Waals surface area contributed by atoms with Crippen LogP contribution in [0.1, 0.15) is 24.4 Å².